The molecule has 53 heavy (non-hydrogen) atoms. The predicted molar refractivity (Wildman–Crippen MR) is 229 cm³/mol. The first-order valence-corrected chi connectivity index (χ1v) is 18.9. The Bertz CT molecular complexity index is 3130. The average Bonchev–Trinajstić information content (AvgIpc) is 3.77. The zero-order chi connectivity index (χ0) is 34.9. The van der Waals surface area contributed by atoms with Gasteiger partial charge in [-0.15, -0.1) is 11.3 Å². The Morgan fingerprint density at radius 3 is 1.75 bits per heavy atom. The molecule has 248 valence electrons. The lowest BCUT2D eigenvalue weighted by atomic mass is 10.0. The number of aromatic nitrogens is 1. The number of nitrogens with zero attached hydrogens (tertiary/aromatic N) is 2. The lowest BCUT2D eigenvalue weighted by Crippen LogP contribution is -2.09. The van der Waals surface area contributed by atoms with Crippen molar-refractivity contribution >= 4 is 91.9 Å². The molecule has 0 radical (unpaired) electrons. The minimum atomic E-state index is 1.12. The van der Waals surface area contributed by atoms with Gasteiger partial charge in [0.05, 0.1) is 11.0 Å². The summed E-state index contributed by atoms with van der Waals surface area (Å²) in [5.74, 6) is 0. The van der Waals surface area contributed by atoms with Gasteiger partial charge < -0.3 is 9.47 Å². The van der Waals surface area contributed by atoms with Crippen LogP contribution in [0, 0.1) is 0 Å². The maximum Gasteiger partial charge on any atom is 0.0541 e. The zero-order valence-electron chi connectivity index (χ0n) is 28.8. The summed E-state index contributed by atoms with van der Waals surface area (Å²) in [6.45, 7) is 0. The minimum Gasteiger partial charge on any atom is -0.310 e. The van der Waals surface area contributed by atoms with Gasteiger partial charge in [0, 0.05) is 53.7 Å². The van der Waals surface area contributed by atoms with E-state index >= 15 is 0 Å². The normalized spacial score (nSPS) is 11.8. The molecule has 9 aromatic carbocycles. The quantitative estimate of drug-likeness (QED) is 0.174. The first-order chi connectivity index (χ1) is 26.3. The first-order valence-electron chi connectivity index (χ1n) is 18.1. The highest BCUT2D eigenvalue weighted by molar-refractivity contribution is 7.26. The minimum absolute atomic E-state index is 1.12. The monoisotopic (exact) mass is 692 g/mol. The van der Waals surface area contributed by atoms with E-state index in [2.05, 4.69) is 204 Å². The molecule has 3 heteroatoms. The number of anilines is 3. The standard InChI is InChI=1S/C50H32N2S/c1-2-12-36-31-40(26-22-33(36)10-1)51(41-27-29-45-46-28-23-35-11-3-4-15-42(35)50(46)53-49(45)32-41)38-24-20-34(21-25-38)37-13-9-14-39(30-37)52-47-18-7-5-16-43(47)44-17-6-8-19-48(44)52/h1-32H. The topological polar surface area (TPSA) is 8.17 Å². The number of hydrogen-bond acceptors (Lipinski definition) is 2. The molecule has 2 aromatic heterocycles. The third-order valence-corrected chi connectivity index (χ3v) is 11.9. The van der Waals surface area contributed by atoms with E-state index in [1.54, 1.807) is 0 Å². The lowest BCUT2D eigenvalue weighted by molar-refractivity contribution is 1.18. The van der Waals surface area contributed by atoms with Crippen LogP contribution in [0.2, 0.25) is 0 Å². The SMILES string of the molecule is c1cc(-c2ccc(N(c3ccc4ccccc4c3)c3ccc4c(c3)sc3c5ccccc5ccc43)cc2)cc(-n2c3ccccc3c3ccccc32)c1. The van der Waals surface area contributed by atoms with Crippen LogP contribution in [0.3, 0.4) is 0 Å². The van der Waals surface area contributed by atoms with Crippen LogP contribution in [0.25, 0.3) is 80.3 Å². The van der Waals surface area contributed by atoms with Gasteiger partial charge in [0.25, 0.3) is 0 Å². The van der Waals surface area contributed by atoms with Crippen molar-refractivity contribution in [1.29, 1.82) is 0 Å². The highest BCUT2D eigenvalue weighted by Crippen LogP contribution is 2.43. The molecule has 0 aliphatic rings. The van der Waals surface area contributed by atoms with Gasteiger partial charge >= 0.3 is 0 Å². The molecule has 2 nitrogen and oxygen atoms in total. The van der Waals surface area contributed by atoms with Crippen LogP contribution in [-0.2, 0) is 0 Å². The zero-order valence-corrected chi connectivity index (χ0v) is 29.6. The van der Waals surface area contributed by atoms with Crippen LogP contribution in [-0.4, -0.2) is 4.57 Å². The number of fused-ring (bicyclic) bond motifs is 9. The van der Waals surface area contributed by atoms with Crippen molar-refractivity contribution in [2.45, 2.75) is 0 Å². The van der Waals surface area contributed by atoms with Crippen LogP contribution in [0.15, 0.2) is 194 Å². The van der Waals surface area contributed by atoms with E-state index in [9.17, 15) is 0 Å². The Hall–Kier alpha value is -6.68. The van der Waals surface area contributed by atoms with Crippen LogP contribution < -0.4 is 4.90 Å². The Balaban J connectivity index is 1.03. The van der Waals surface area contributed by atoms with Gasteiger partial charge in [-0.1, -0.05) is 133 Å². The van der Waals surface area contributed by atoms with Crippen LogP contribution in [0.5, 0.6) is 0 Å². The van der Waals surface area contributed by atoms with Crippen molar-refractivity contribution < 1.29 is 0 Å². The predicted octanol–water partition coefficient (Wildman–Crippen LogP) is 14.6. The molecular weight excluding hydrogens is 661 g/mol. The second-order valence-corrected chi connectivity index (χ2v) is 14.8. The van der Waals surface area contributed by atoms with Gasteiger partial charge in [-0.2, -0.15) is 0 Å². The molecule has 0 N–H and O–H groups in total. The number of benzene rings is 9. The molecule has 11 aromatic rings. The summed E-state index contributed by atoms with van der Waals surface area (Å²) < 4.78 is 5.02. The van der Waals surface area contributed by atoms with Crippen molar-refractivity contribution in [3.63, 3.8) is 0 Å². The molecule has 11 rings (SSSR count). The van der Waals surface area contributed by atoms with E-state index in [4.69, 9.17) is 0 Å². The van der Waals surface area contributed by atoms with Crippen LogP contribution in [0.4, 0.5) is 17.1 Å². The molecule has 0 saturated heterocycles. The third-order valence-electron chi connectivity index (χ3n) is 10.7. The molecule has 0 bridgehead atoms. The Kier molecular flexibility index (Phi) is 6.76. The fourth-order valence-electron chi connectivity index (χ4n) is 8.22. The fourth-order valence-corrected chi connectivity index (χ4v) is 9.49. The highest BCUT2D eigenvalue weighted by atomic mass is 32.1. The summed E-state index contributed by atoms with van der Waals surface area (Å²) in [5.41, 5.74) is 9.36. The fraction of sp³-hybridized carbons (Fsp3) is 0. The van der Waals surface area contributed by atoms with Crippen molar-refractivity contribution in [2.24, 2.45) is 0 Å². The van der Waals surface area contributed by atoms with Gasteiger partial charge in [-0.3, -0.25) is 0 Å². The molecule has 0 spiro atoms. The number of hydrogen-bond donors (Lipinski definition) is 0. The molecule has 0 unspecified atom stereocenters. The molecule has 0 saturated carbocycles. The first kappa shape index (κ1) is 30.0. The molecule has 0 fully saturated rings. The van der Waals surface area contributed by atoms with Crippen LogP contribution >= 0.6 is 11.3 Å². The van der Waals surface area contributed by atoms with E-state index in [1.165, 1.54) is 74.6 Å². The summed E-state index contributed by atoms with van der Waals surface area (Å²) in [6, 6.07) is 70.9. The third kappa shape index (κ3) is 4.86. The van der Waals surface area contributed by atoms with Crippen LogP contribution in [0.1, 0.15) is 0 Å². The Labute approximate surface area is 311 Å². The summed E-state index contributed by atoms with van der Waals surface area (Å²) >= 11 is 1.89. The number of thiophene rings is 1. The molecule has 0 atom stereocenters. The summed E-state index contributed by atoms with van der Waals surface area (Å²) in [6.07, 6.45) is 0. The van der Waals surface area contributed by atoms with Crippen molar-refractivity contribution in [2.75, 3.05) is 4.90 Å². The summed E-state index contributed by atoms with van der Waals surface area (Å²) in [4.78, 5) is 2.40. The molecule has 0 amide bonds. The van der Waals surface area contributed by atoms with Gasteiger partial charge in [0.1, 0.15) is 0 Å². The maximum absolute atomic E-state index is 2.40. The van der Waals surface area contributed by atoms with Gasteiger partial charge in [0.2, 0.25) is 0 Å². The summed E-state index contributed by atoms with van der Waals surface area (Å²) in [7, 11) is 0. The lowest BCUT2D eigenvalue weighted by Gasteiger charge is -2.26. The van der Waals surface area contributed by atoms with Crippen molar-refractivity contribution in [3.8, 4) is 16.8 Å². The van der Waals surface area contributed by atoms with Gasteiger partial charge in [-0.25, -0.2) is 0 Å². The van der Waals surface area contributed by atoms with Gasteiger partial charge in [-0.05, 0) is 93.3 Å². The Morgan fingerprint density at radius 2 is 0.962 bits per heavy atom. The van der Waals surface area contributed by atoms with E-state index in [0.29, 0.717) is 0 Å². The second kappa shape index (κ2) is 11.9. The molecular formula is C50H32N2S. The smallest absolute Gasteiger partial charge is 0.0541 e. The second-order valence-electron chi connectivity index (χ2n) is 13.8. The van der Waals surface area contributed by atoms with E-state index in [-0.39, 0.29) is 0 Å². The van der Waals surface area contributed by atoms with E-state index in [0.717, 1.165) is 22.7 Å². The number of rotatable bonds is 5. The van der Waals surface area contributed by atoms with E-state index in [1.807, 2.05) is 11.3 Å². The molecule has 0 aliphatic carbocycles. The largest absolute Gasteiger partial charge is 0.310 e. The molecule has 0 aliphatic heterocycles. The Morgan fingerprint density at radius 1 is 0.358 bits per heavy atom. The summed E-state index contributed by atoms with van der Waals surface area (Å²) in [5, 5.41) is 10.2. The average molecular weight is 693 g/mol. The maximum atomic E-state index is 2.40. The molecule has 2 heterocycles. The van der Waals surface area contributed by atoms with Crippen molar-refractivity contribution in [1.82, 2.24) is 4.57 Å². The number of para-hydroxylation sites is 2. The van der Waals surface area contributed by atoms with E-state index < -0.39 is 0 Å². The van der Waals surface area contributed by atoms with Crippen molar-refractivity contribution in [3.05, 3.63) is 194 Å². The highest BCUT2D eigenvalue weighted by Gasteiger charge is 2.17. The van der Waals surface area contributed by atoms with Gasteiger partial charge in [0.15, 0.2) is 0 Å².